The number of hydrogen-bond acceptors (Lipinski definition) is 3. The number of nitrogens with one attached hydrogen (secondary N) is 2. The minimum absolute atomic E-state index is 0.331. The summed E-state index contributed by atoms with van der Waals surface area (Å²) in [5.74, 6) is -0.343. The van der Waals surface area contributed by atoms with Crippen molar-refractivity contribution in [1.82, 2.24) is 10.3 Å². The SMILES string of the molecule is O=C1NC(=O)C(=Cc2c(-c3ccccc3)[nH]c3ccccc23)S1. The Labute approximate surface area is 136 Å². The molecule has 2 heterocycles. The molecule has 2 aromatic carbocycles. The third-order valence-electron chi connectivity index (χ3n) is 3.73. The Morgan fingerprint density at radius 2 is 1.65 bits per heavy atom. The van der Waals surface area contributed by atoms with E-state index >= 15 is 0 Å². The van der Waals surface area contributed by atoms with Gasteiger partial charge in [0.15, 0.2) is 0 Å². The molecule has 0 unspecified atom stereocenters. The molecule has 1 fully saturated rings. The highest BCUT2D eigenvalue weighted by Gasteiger charge is 2.26. The third kappa shape index (κ3) is 2.45. The first kappa shape index (κ1) is 13.8. The van der Waals surface area contributed by atoms with Crippen LogP contribution in [0.4, 0.5) is 4.79 Å². The van der Waals surface area contributed by atoms with Gasteiger partial charge in [0, 0.05) is 16.5 Å². The number of fused-ring (bicyclic) bond motifs is 1. The number of amides is 2. The quantitative estimate of drug-likeness (QED) is 0.697. The van der Waals surface area contributed by atoms with E-state index in [1.54, 1.807) is 6.08 Å². The molecule has 5 heteroatoms. The standard InChI is InChI=1S/C18H12N2O2S/c21-17-15(23-18(22)20-17)10-13-12-8-4-5-9-14(12)19-16(13)11-6-2-1-3-7-11/h1-10,19H,(H,20,21,22). The largest absolute Gasteiger partial charge is 0.354 e. The van der Waals surface area contributed by atoms with Gasteiger partial charge in [-0.2, -0.15) is 0 Å². The van der Waals surface area contributed by atoms with Gasteiger partial charge in [-0.15, -0.1) is 0 Å². The van der Waals surface area contributed by atoms with Gasteiger partial charge in [0.2, 0.25) is 0 Å². The number of imide groups is 1. The van der Waals surface area contributed by atoms with Crippen molar-refractivity contribution < 1.29 is 9.59 Å². The molecule has 4 rings (SSSR count). The average molecular weight is 320 g/mol. The second kappa shape index (κ2) is 5.44. The molecule has 1 saturated heterocycles. The highest BCUT2D eigenvalue weighted by molar-refractivity contribution is 8.18. The number of thioether (sulfide) groups is 1. The zero-order chi connectivity index (χ0) is 15.8. The van der Waals surface area contributed by atoms with Crippen LogP contribution in [0.1, 0.15) is 5.56 Å². The number of rotatable bonds is 2. The van der Waals surface area contributed by atoms with E-state index in [4.69, 9.17) is 0 Å². The normalized spacial score (nSPS) is 16.3. The Kier molecular flexibility index (Phi) is 3.28. The molecular weight excluding hydrogens is 308 g/mol. The number of aromatic amines is 1. The fraction of sp³-hybridized carbons (Fsp3) is 0. The lowest BCUT2D eigenvalue weighted by Crippen LogP contribution is -2.17. The van der Waals surface area contributed by atoms with Gasteiger partial charge in [0.25, 0.3) is 11.1 Å². The fourth-order valence-corrected chi connectivity index (χ4v) is 3.36. The van der Waals surface area contributed by atoms with Gasteiger partial charge < -0.3 is 4.98 Å². The molecule has 0 saturated carbocycles. The van der Waals surface area contributed by atoms with Crippen LogP contribution in [0.3, 0.4) is 0 Å². The first-order valence-electron chi connectivity index (χ1n) is 7.13. The molecule has 2 amide bonds. The van der Waals surface area contributed by atoms with Crippen molar-refractivity contribution in [3.63, 3.8) is 0 Å². The molecular formula is C18H12N2O2S. The third-order valence-corrected chi connectivity index (χ3v) is 4.54. The van der Waals surface area contributed by atoms with E-state index in [1.165, 1.54) is 0 Å². The van der Waals surface area contributed by atoms with Crippen molar-refractivity contribution in [2.24, 2.45) is 0 Å². The second-order valence-corrected chi connectivity index (χ2v) is 6.19. The minimum atomic E-state index is -0.343. The van der Waals surface area contributed by atoms with E-state index in [0.29, 0.717) is 4.91 Å². The van der Waals surface area contributed by atoms with Crippen molar-refractivity contribution in [3.05, 3.63) is 65.1 Å². The number of hydrogen-bond donors (Lipinski definition) is 2. The maximum atomic E-state index is 11.9. The summed E-state index contributed by atoms with van der Waals surface area (Å²) >= 11 is 0.932. The molecule has 0 atom stereocenters. The summed E-state index contributed by atoms with van der Waals surface area (Å²) in [6, 6.07) is 17.9. The van der Waals surface area contributed by atoms with Crippen molar-refractivity contribution in [3.8, 4) is 11.3 Å². The van der Waals surface area contributed by atoms with E-state index in [0.717, 1.165) is 39.5 Å². The molecule has 4 nitrogen and oxygen atoms in total. The van der Waals surface area contributed by atoms with Gasteiger partial charge in [-0.25, -0.2) is 0 Å². The molecule has 0 radical (unpaired) electrons. The van der Waals surface area contributed by atoms with E-state index in [1.807, 2.05) is 54.6 Å². The van der Waals surface area contributed by atoms with Gasteiger partial charge in [-0.3, -0.25) is 14.9 Å². The maximum Gasteiger partial charge on any atom is 0.290 e. The summed E-state index contributed by atoms with van der Waals surface area (Å²) in [7, 11) is 0. The van der Waals surface area contributed by atoms with Crippen LogP contribution >= 0.6 is 11.8 Å². The molecule has 1 aromatic heterocycles. The van der Waals surface area contributed by atoms with Crippen molar-refractivity contribution in [2.45, 2.75) is 0 Å². The summed E-state index contributed by atoms with van der Waals surface area (Å²) in [4.78, 5) is 27.1. The van der Waals surface area contributed by atoms with Gasteiger partial charge in [-0.1, -0.05) is 48.5 Å². The van der Waals surface area contributed by atoms with Crippen LogP contribution in [-0.2, 0) is 4.79 Å². The molecule has 0 aliphatic carbocycles. The Balaban J connectivity index is 1.95. The van der Waals surface area contributed by atoms with Crippen LogP contribution in [-0.4, -0.2) is 16.1 Å². The fourth-order valence-electron chi connectivity index (χ4n) is 2.70. The lowest BCUT2D eigenvalue weighted by atomic mass is 10.0. The van der Waals surface area contributed by atoms with Crippen LogP contribution < -0.4 is 5.32 Å². The van der Waals surface area contributed by atoms with E-state index < -0.39 is 0 Å². The summed E-state index contributed by atoms with van der Waals surface area (Å²) in [5, 5.41) is 2.98. The van der Waals surface area contributed by atoms with Crippen LogP contribution in [0, 0.1) is 0 Å². The Hall–Kier alpha value is -2.79. The Morgan fingerprint density at radius 3 is 2.39 bits per heavy atom. The van der Waals surface area contributed by atoms with Crippen LogP contribution in [0.5, 0.6) is 0 Å². The van der Waals surface area contributed by atoms with Gasteiger partial charge in [0.05, 0.1) is 10.6 Å². The Bertz CT molecular complexity index is 958. The van der Waals surface area contributed by atoms with Crippen molar-refractivity contribution in [2.75, 3.05) is 0 Å². The number of aromatic nitrogens is 1. The monoisotopic (exact) mass is 320 g/mol. The molecule has 1 aliphatic heterocycles. The van der Waals surface area contributed by atoms with Crippen molar-refractivity contribution >= 4 is 39.9 Å². The van der Waals surface area contributed by atoms with Crippen LogP contribution in [0.2, 0.25) is 0 Å². The summed E-state index contributed by atoms with van der Waals surface area (Å²) in [5.41, 5.74) is 3.88. The average Bonchev–Trinajstić information content (AvgIpc) is 3.09. The zero-order valence-electron chi connectivity index (χ0n) is 12.0. The number of H-pyrrole nitrogens is 1. The first-order chi connectivity index (χ1) is 11.2. The molecule has 0 spiro atoms. The second-order valence-electron chi connectivity index (χ2n) is 5.18. The number of benzene rings is 2. The topological polar surface area (TPSA) is 62.0 Å². The van der Waals surface area contributed by atoms with E-state index in [9.17, 15) is 9.59 Å². The number of carbonyl (C=O) groups is 2. The summed E-state index contributed by atoms with van der Waals surface area (Å²) in [6.45, 7) is 0. The van der Waals surface area contributed by atoms with Crippen molar-refractivity contribution in [1.29, 1.82) is 0 Å². The first-order valence-corrected chi connectivity index (χ1v) is 7.95. The number of carbonyl (C=O) groups excluding carboxylic acids is 2. The highest BCUT2D eigenvalue weighted by atomic mass is 32.2. The molecule has 0 bridgehead atoms. The molecule has 2 N–H and O–H groups in total. The van der Waals surface area contributed by atoms with Gasteiger partial charge in [0.1, 0.15) is 0 Å². The predicted molar refractivity (Wildman–Crippen MR) is 92.8 cm³/mol. The van der Waals surface area contributed by atoms with Crippen LogP contribution in [0.15, 0.2) is 59.5 Å². The van der Waals surface area contributed by atoms with Gasteiger partial charge >= 0.3 is 0 Å². The molecule has 23 heavy (non-hydrogen) atoms. The number of para-hydroxylation sites is 1. The lowest BCUT2D eigenvalue weighted by Gasteiger charge is -2.01. The maximum absolute atomic E-state index is 11.9. The predicted octanol–water partition coefficient (Wildman–Crippen LogP) is 4.16. The summed E-state index contributed by atoms with van der Waals surface area (Å²) in [6.07, 6.45) is 1.78. The van der Waals surface area contributed by atoms with Crippen LogP contribution in [0.25, 0.3) is 28.2 Å². The van der Waals surface area contributed by atoms with E-state index in [2.05, 4.69) is 10.3 Å². The molecule has 3 aromatic rings. The molecule has 1 aliphatic rings. The Morgan fingerprint density at radius 1 is 0.913 bits per heavy atom. The summed E-state index contributed by atoms with van der Waals surface area (Å²) < 4.78 is 0. The van der Waals surface area contributed by atoms with Gasteiger partial charge in [-0.05, 0) is 29.5 Å². The zero-order valence-corrected chi connectivity index (χ0v) is 12.8. The smallest absolute Gasteiger partial charge is 0.290 e. The lowest BCUT2D eigenvalue weighted by molar-refractivity contribution is -0.115. The van der Waals surface area contributed by atoms with E-state index in [-0.39, 0.29) is 11.1 Å². The highest BCUT2D eigenvalue weighted by Crippen LogP contribution is 2.34. The molecule has 112 valence electrons. The minimum Gasteiger partial charge on any atom is -0.354 e.